The Balaban J connectivity index is 0.000000262. The molecule has 0 unspecified atom stereocenters. The lowest BCUT2D eigenvalue weighted by molar-refractivity contribution is -0.146. The van der Waals surface area contributed by atoms with Gasteiger partial charge in [0.2, 0.25) is 0 Å². The van der Waals surface area contributed by atoms with Crippen LogP contribution >= 0.6 is 0 Å². The Labute approximate surface area is 89.9 Å². The monoisotopic (exact) mass is 214 g/mol. The summed E-state index contributed by atoms with van der Waals surface area (Å²) in [5.41, 5.74) is 0.299. The van der Waals surface area contributed by atoms with E-state index >= 15 is 0 Å². The Kier molecular flexibility index (Phi) is 7.32. The number of carbonyl (C=O) groups is 2. The Morgan fingerprint density at radius 1 is 1.53 bits per heavy atom. The molecule has 0 bridgehead atoms. The van der Waals surface area contributed by atoms with Crippen LogP contribution in [0.4, 0.5) is 0 Å². The molecule has 0 radical (unpaired) electrons. The van der Waals surface area contributed by atoms with Gasteiger partial charge in [-0.25, -0.2) is 4.79 Å². The summed E-state index contributed by atoms with van der Waals surface area (Å²) >= 11 is 0. The van der Waals surface area contributed by atoms with Gasteiger partial charge in [0.1, 0.15) is 0 Å². The standard InChI is InChI=1S/C6H10O2.C5H8O2/c1-3-4-5(2)6(7)8;6-5-3-1-2-4-7-5/h2-4H2,1H3,(H,7,8);1-4H2. The lowest BCUT2D eigenvalue weighted by Crippen LogP contribution is -2.10. The summed E-state index contributed by atoms with van der Waals surface area (Å²) in [6, 6.07) is 0. The second-order valence-corrected chi connectivity index (χ2v) is 3.34. The SMILES string of the molecule is C=C(CCC)C(=O)O.O=C1CCCCO1. The number of hydrogen-bond donors (Lipinski definition) is 1. The van der Waals surface area contributed by atoms with E-state index in [4.69, 9.17) is 5.11 Å². The molecule has 0 atom stereocenters. The van der Waals surface area contributed by atoms with Crippen LogP contribution in [0.3, 0.4) is 0 Å². The Hall–Kier alpha value is -1.32. The number of hydrogen-bond acceptors (Lipinski definition) is 3. The molecule has 0 amide bonds. The number of cyclic esters (lactones) is 1. The lowest BCUT2D eigenvalue weighted by Gasteiger charge is -2.08. The highest BCUT2D eigenvalue weighted by atomic mass is 16.5. The number of aliphatic carboxylic acids is 1. The predicted octanol–water partition coefficient (Wildman–Crippen LogP) is 2.14. The molecule has 1 heterocycles. The molecule has 1 saturated heterocycles. The van der Waals surface area contributed by atoms with Crippen LogP contribution in [0.1, 0.15) is 39.0 Å². The van der Waals surface area contributed by atoms with Crippen LogP contribution < -0.4 is 0 Å². The third-order valence-corrected chi connectivity index (χ3v) is 1.89. The summed E-state index contributed by atoms with van der Waals surface area (Å²) in [5, 5.41) is 8.21. The maximum Gasteiger partial charge on any atom is 0.330 e. The van der Waals surface area contributed by atoms with Crippen LogP contribution in [-0.4, -0.2) is 23.7 Å². The molecular formula is C11H18O4. The fraction of sp³-hybridized carbons (Fsp3) is 0.636. The lowest BCUT2D eigenvalue weighted by atomic mass is 10.2. The van der Waals surface area contributed by atoms with Gasteiger partial charge in [-0.05, 0) is 19.3 Å². The van der Waals surface area contributed by atoms with Gasteiger partial charge in [0.15, 0.2) is 0 Å². The molecule has 15 heavy (non-hydrogen) atoms. The van der Waals surface area contributed by atoms with E-state index in [1.54, 1.807) is 0 Å². The van der Waals surface area contributed by atoms with Gasteiger partial charge in [0.25, 0.3) is 0 Å². The molecular weight excluding hydrogens is 196 g/mol. The topological polar surface area (TPSA) is 63.6 Å². The molecule has 4 nitrogen and oxygen atoms in total. The van der Waals surface area contributed by atoms with Crippen molar-refractivity contribution in [3.05, 3.63) is 12.2 Å². The first-order valence-corrected chi connectivity index (χ1v) is 5.14. The summed E-state index contributed by atoms with van der Waals surface area (Å²) < 4.78 is 4.64. The van der Waals surface area contributed by atoms with Gasteiger partial charge in [0.05, 0.1) is 6.61 Å². The Morgan fingerprint density at radius 2 is 2.20 bits per heavy atom. The third kappa shape index (κ3) is 7.73. The van der Waals surface area contributed by atoms with Crippen molar-refractivity contribution in [2.24, 2.45) is 0 Å². The van der Waals surface area contributed by atoms with E-state index in [1.807, 2.05) is 6.92 Å². The molecule has 1 N–H and O–H groups in total. The highest BCUT2D eigenvalue weighted by molar-refractivity contribution is 5.85. The number of carboxylic acids is 1. The zero-order chi connectivity index (χ0) is 11.7. The molecule has 0 aromatic rings. The number of esters is 1. The van der Waals surface area contributed by atoms with Crippen LogP contribution in [0.2, 0.25) is 0 Å². The van der Waals surface area contributed by atoms with Crippen LogP contribution in [-0.2, 0) is 14.3 Å². The molecule has 86 valence electrons. The molecule has 4 heteroatoms. The number of carbonyl (C=O) groups excluding carboxylic acids is 1. The summed E-state index contributed by atoms with van der Waals surface area (Å²) in [6.45, 7) is 5.91. The van der Waals surface area contributed by atoms with Gasteiger partial charge in [-0.1, -0.05) is 19.9 Å². The summed E-state index contributed by atoms with van der Waals surface area (Å²) in [4.78, 5) is 20.2. The van der Waals surface area contributed by atoms with Crippen molar-refractivity contribution < 1.29 is 19.4 Å². The highest BCUT2D eigenvalue weighted by Gasteiger charge is 2.06. The third-order valence-electron chi connectivity index (χ3n) is 1.89. The quantitative estimate of drug-likeness (QED) is 0.577. The first-order chi connectivity index (χ1) is 7.07. The normalized spacial score (nSPS) is 14.6. The predicted molar refractivity (Wildman–Crippen MR) is 56.5 cm³/mol. The van der Waals surface area contributed by atoms with Crippen LogP contribution in [0.5, 0.6) is 0 Å². The zero-order valence-corrected chi connectivity index (χ0v) is 9.12. The Bertz CT molecular complexity index is 225. The molecule has 0 saturated carbocycles. The van der Waals surface area contributed by atoms with E-state index in [9.17, 15) is 9.59 Å². The molecule has 1 rings (SSSR count). The van der Waals surface area contributed by atoms with E-state index in [1.165, 1.54) is 0 Å². The van der Waals surface area contributed by atoms with E-state index in [-0.39, 0.29) is 5.97 Å². The summed E-state index contributed by atoms with van der Waals surface area (Å²) in [6.07, 6.45) is 4.13. The van der Waals surface area contributed by atoms with Crippen LogP contribution in [0.25, 0.3) is 0 Å². The van der Waals surface area contributed by atoms with Gasteiger partial charge in [-0.15, -0.1) is 0 Å². The van der Waals surface area contributed by atoms with E-state index in [0.717, 1.165) is 19.3 Å². The number of rotatable bonds is 3. The minimum absolute atomic E-state index is 0.0359. The fourth-order valence-corrected chi connectivity index (χ4v) is 1.04. The van der Waals surface area contributed by atoms with Crippen molar-refractivity contribution in [3.63, 3.8) is 0 Å². The number of ether oxygens (including phenoxy) is 1. The first kappa shape index (κ1) is 13.7. The average Bonchev–Trinajstić information content (AvgIpc) is 2.20. The summed E-state index contributed by atoms with van der Waals surface area (Å²) in [7, 11) is 0. The molecule has 1 aliphatic rings. The largest absolute Gasteiger partial charge is 0.478 e. The van der Waals surface area contributed by atoms with Gasteiger partial charge in [-0.3, -0.25) is 4.79 Å². The second kappa shape index (κ2) is 8.03. The number of carboxylic acid groups (broad SMARTS) is 1. The second-order valence-electron chi connectivity index (χ2n) is 3.34. The highest BCUT2D eigenvalue weighted by Crippen LogP contribution is 2.04. The van der Waals surface area contributed by atoms with Gasteiger partial charge >= 0.3 is 11.9 Å². The van der Waals surface area contributed by atoms with E-state index in [2.05, 4.69) is 11.3 Å². The van der Waals surface area contributed by atoms with Crippen molar-refractivity contribution in [2.45, 2.75) is 39.0 Å². The smallest absolute Gasteiger partial charge is 0.330 e. The van der Waals surface area contributed by atoms with Crippen LogP contribution in [0.15, 0.2) is 12.2 Å². The van der Waals surface area contributed by atoms with E-state index < -0.39 is 5.97 Å². The van der Waals surface area contributed by atoms with Crippen molar-refractivity contribution in [1.29, 1.82) is 0 Å². The van der Waals surface area contributed by atoms with Crippen molar-refractivity contribution in [1.82, 2.24) is 0 Å². The molecule has 1 fully saturated rings. The van der Waals surface area contributed by atoms with Crippen LogP contribution in [0, 0.1) is 0 Å². The van der Waals surface area contributed by atoms with Crippen molar-refractivity contribution in [3.8, 4) is 0 Å². The maximum atomic E-state index is 10.2. The molecule has 0 aliphatic carbocycles. The average molecular weight is 214 g/mol. The van der Waals surface area contributed by atoms with Crippen molar-refractivity contribution >= 4 is 11.9 Å². The van der Waals surface area contributed by atoms with Gasteiger partial charge < -0.3 is 9.84 Å². The molecule has 0 spiro atoms. The zero-order valence-electron chi connectivity index (χ0n) is 9.12. The first-order valence-electron chi connectivity index (χ1n) is 5.14. The summed E-state index contributed by atoms with van der Waals surface area (Å²) in [5.74, 6) is -0.918. The minimum Gasteiger partial charge on any atom is -0.478 e. The molecule has 1 aliphatic heterocycles. The van der Waals surface area contributed by atoms with Crippen molar-refractivity contribution in [2.75, 3.05) is 6.61 Å². The fourth-order valence-electron chi connectivity index (χ4n) is 1.04. The van der Waals surface area contributed by atoms with Gasteiger partial charge in [0, 0.05) is 12.0 Å². The molecule has 0 aromatic carbocycles. The molecule has 0 aromatic heterocycles. The maximum absolute atomic E-state index is 10.2. The Morgan fingerprint density at radius 3 is 2.40 bits per heavy atom. The van der Waals surface area contributed by atoms with E-state index in [0.29, 0.717) is 25.0 Å². The minimum atomic E-state index is -0.883. The van der Waals surface area contributed by atoms with Gasteiger partial charge in [-0.2, -0.15) is 0 Å².